The summed E-state index contributed by atoms with van der Waals surface area (Å²) in [6, 6.07) is 11.9. The molecule has 1 aliphatic carbocycles. The largest absolute Gasteiger partial charge is 0.493 e. The van der Waals surface area contributed by atoms with Gasteiger partial charge in [0, 0.05) is 12.6 Å². The van der Waals surface area contributed by atoms with E-state index in [1.54, 1.807) is 33.5 Å². The number of aryl methyl sites for hydroxylation is 1. The minimum Gasteiger partial charge on any atom is -0.493 e. The molecule has 0 N–H and O–H groups in total. The van der Waals surface area contributed by atoms with E-state index in [4.69, 9.17) is 18.6 Å². The number of carbonyl (C=O) groups excluding carboxylic acids is 1. The fraction of sp³-hybridized carbons (Fsp3) is 0.375. The second-order valence-electron chi connectivity index (χ2n) is 7.69. The van der Waals surface area contributed by atoms with Crippen LogP contribution in [0.1, 0.15) is 30.0 Å². The van der Waals surface area contributed by atoms with E-state index in [2.05, 4.69) is 28.4 Å². The smallest absolute Gasteiger partial charge is 0.277 e. The molecule has 0 spiro atoms. The number of ether oxygens (including phenoxy) is 3. The number of nitrogens with zero attached hydrogens (tertiary/aromatic N) is 3. The molecule has 174 valence electrons. The molecule has 33 heavy (non-hydrogen) atoms. The fourth-order valence-electron chi connectivity index (χ4n) is 4.12. The molecule has 0 saturated carbocycles. The number of benzene rings is 2. The van der Waals surface area contributed by atoms with E-state index in [9.17, 15) is 4.79 Å². The Labute approximate surface area is 197 Å². The number of hydrogen-bond donors (Lipinski definition) is 0. The van der Waals surface area contributed by atoms with E-state index in [0.29, 0.717) is 33.9 Å². The lowest BCUT2D eigenvalue weighted by molar-refractivity contribution is -0.129. The summed E-state index contributed by atoms with van der Waals surface area (Å²) in [6.07, 6.45) is 3.11. The van der Waals surface area contributed by atoms with Gasteiger partial charge in [-0.25, -0.2) is 0 Å². The number of hydrogen-bond acceptors (Lipinski definition) is 8. The van der Waals surface area contributed by atoms with Gasteiger partial charge in [-0.15, -0.1) is 10.2 Å². The normalized spacial score (nSPS) is 15.0. The molecule has 1 heterocycles. The van der Waals surface area contributed by atoms with Crippen molar-refractivity contribution >= 4 is 17.7 Å². The molecule has 0 bridgehead atoms. The fourth-order valence-corrected chi connectivity index (χ4v) is 4.81. The Morgan fingerprint density at radius 3 is 2.55 bits per heavy atom. The van der Waals surface area contributed by atoms with Crippen LogP contribution in [0.3, 0.4) is 0 Å². The van der Waals surface area contributed by atoms with Crippen molar-refractivity contribution in [1.82, 2.24) is 15.1 Å². The maximum absolute atomic E-state index is 12.9. The van der Waals surface area contributed by atoms with Crippen molar-refractivity contribution in [2.24, 2.45) is 0 Å². The Kier molecular flexibility index (Phi) is 7.08. The number of thioether (sulfide) groups is 1. The van der Waals surface area contributed by atoms with E-state index in [0.717, 1.165) is 19.3 Å². The highest BCUT2D eigenvalue weighted by Gasteiger charge is 2.27. The molecule has 2 aromatic carbocycles. The second kappa shape index (κ2) is 10.2. The molecule has 1 aliphatic rings. The van der Waals surface area contributed by atoms with Crippen LogP contribution in [-0.2, 0) is 11.2 Å². The van der Waals surface area contributed by atoms with Gasteiger partial charge in [0.05, 0.1) is 33.1 Å². The predicted molar refractivity (Wildman–Crippen MR) is 125 cm³/mol. The molecule has 0 aliphatic heterocycles. The SMILES string of the molecule is COc1cc(-c2nnc(SCC(=O)N(C)C3CCCc4ccccc43)o2)cc(OC)c1OC. The Morgan fingerprint density at radius 2 is 1.85 bits per heavy atom. The molecule has 1 atom stereocenters. The molecule has 3 aromatic rings. The zero-order valence-electron chi connectivity index (χ0n) is 19.2. The number of amides is 1. The quantitative estimate of drug-likeness (QED) is 0.449. The molecule has 1 amide bonds. The summed E-state index contributed by atoms with van der Waals surface area (Å²) in [5.74, 6) is 2.00. The number of methoxy groups -OCH3 is 3. The van der Waals surface area contributed by atoms with Crippen LogP contribution in [0.5, 0.6) is 17.2 Å². The Balaban J connectivity index is 1.44. The lowest BCUT2D eigenvalue weighted by Crippen LogP contribution is -2.34. The highest BCUT2D eigenvalue weighted by Crippen LogP contribution is 2.41. The van der Waals surface area contributed by atoms with Gasteiger partial charge in [-0.05, 0) is 42.5 Å². The lowest BCUT2D eigenvalue weighted by Gasteiger charge is -2.33. The molecule has 0 radical (unpaired) electrons. The van der Waals surface area contributed by atoms with Gasteiger partial charge in [0.25, 0.3) is 5.22 Å². The van der Waals surface area contributed by atoms with Crippen LogP contribution in [-0.4, -0.2) is 55.1 Å². The Hall–Kier alpha value is -3.20. The van der Waals surface area contributed by atoms with E-state index in [1.807, 2.05) is 18.0 Å². The van der Waals surface area contributed by atoms with E-state index in [1.165, 1.54) is 22.9 Å². The highest BCUT2D eigenvalue weighted by atomic mass is 32.2. The number of carbonyl (C=O) groups is 1. The van der Waals surface area contributed by atoms with E-state index >= 15 is 0 Å². The molecule has 9 heteroatoms. The summed E-state index contributed by atoms with van der Waals surface area (Å²) in [5.41, 5.74) is 3.20. The molecule has 8 nitrogen and oxygen atoms in total. The Morgan fingerprint density at radius 1 is 1.12 bits per heavy atom. The first kappa shape index (κ1) is 23.0. The molecule has 0 fully saturated rings. The summed E-state index contributed by atoms with van der Waals surface area (Å²) in [6.45, 7) is 0. The number of aromatic nitrogens is 2. The average Bonchev–Trinajstić information content (AvgIpc) is 3.34. The van der Waals surface area contributed by atoms with Crippen LogP contribution in [0.25, 0.3) is 11.5 Å². The van der Waals surface area contributed by atoms with Gasteiger partial charge < -0.3 is 23.5 Å². The van der Waals surface area contributed by atoms with Gasteiger partial charge in [0.1, 0.15) is 0 Å². The first-order valence-corrected chi connectivity index (χ1v) is 11.6. The zero-order chi connectivity index (χ0) is 23.4. The topological polar surface area (TPSA) is 86.9 Å². The summed E-state index contributed by atoms with van der Waals surface area (Å²) >= 11 is 1.23. The van der Waals surface area contributed by atoms with Crippen molar-refractivity contribution < 1.29 is 23.4 Å². The van der Waals surface area contributed by atoms with Gasteiger partial charge in [0.15, 0.2) is 11.5 Å². The third kappa shape index (κ3) is 4.78. The maximum Gasteiger partial charge on any atom is 0.277 e. The third-order valence-corrected chi connectivity index (χ3v) is 6.64. The van der Waals surface area contributed by atoms with Gasteiger partial charge >= 0.3 is 0 Å². The molecule has 1 unspecified atom stereocenters. The Bertz CT molecular complexity index is 1110. The highest BCUT2D eigenvalue weighted by molar-refractivity contribution is 7.99. The van der Waals surface area contributed by atoms with Crippen LogP contribution in [0.2, 0.25) is 0 Å². The minimum absolute atomic E-state index is 0.0224. The number of fused-ring (bicyclic) bond motifs is 1. The summed E-state index contributed by atoms with van der Waals surface area (Å²) in [5, 5.41) is 8.53. The van der Waals surface area contributed by atoms with E-state index < -0.39 is 0 Å². The predicted octanol–water partition coefficient (Wildman–Crippen LogP) is 4.39. The summed E-state index contributed by atoms with van der Waals surface area (Å²) in [7, 11) is 6.50. The molecule has 0 saturated heterocycles. The standard InChI is InChI=1S/C24H27N3O5S/c1-27(18-11-7-9-15-8-5-6-10-17(15)18)21(28)14-33-24-26-25-23(32-24)16-12-19(29-2)22(31-4)20(13-16)30-3/h5-6,8,10,12-13,18H,7,9,11,14H2,1-4H3. The van der Waals surface area contributed by atoms with Gasteiger partial charge in [-0.2, -0.15) is 0 Å². The third-order valence-electron chi connectivity index (χ3n) is 5.84. The van der Waals surface area contributed by atoms with Gasteiger partial charge in [0.2, 0.25) is 17.5 Å². The molecular weight excluding hydrogens is 442 g/mol. The van der Waals surface area contributed by atoms with Crippen LogP contribution in [0, 0.1) is 0 Å². The van der Waals surface area contributed by atoms with Gasteiger partial charge in [-0.1, -0.05) is 36.0 Å². The van der Waals surface area contributed by atoms with Gasteiger partial charge in [-0.3, -0.25) is 4.79 Å². The van der Waals surface area contributed by atoms with Crippen LogP contribution >= 0.6 is 11.8 Å². The van der Waals surface area contributed by atoms with Crippen molar-refractivity contribution in [3.63, 3.8) is 0 Å². The van der Waals surface area contributed by atoms with Crippen molar-refractivity contribution in [2.75, 3.05) is 34.1 Å². The van der Waals surface area contributed by atoms with Crippen molar-refractivity contribution in [3.05, 3.63) is 47.5 Å². The lowest BCUT2D eigenvalue weighted by atomic mass is 9.87. The minimum atomic E-state index is 0.0224. The average molecular weight is 470 g/mol. The summed E-state index contributed by atoms with van der Waals surface area (Å²) in [4.78, 5) is 14.7. The number of rotatable bonds is 8. The van der Waals surface area contributed by atoms with Crippen LogP contribution in [0.4, 0.5) is 0 Å². The maximum atomic E-state index is 12.9. The molecule has 1 aromatic heterocycles. The van der Waals surface area contributed by atoms with Crippen molar-refractivity contribution in [1.29, 1.82) is 0 Å². The van der Waals surface area contributed by atoms with Crippen LogP contribution in [0.15, 0.2) is 46.0 Å². The second-order valence-corrected chi connectivity index (χ2v) is 8.61. The first-order chi connectivity index (χ1) is 16.0. The monoisotopic (exact) mass is 469 g/mol. The zero-order valence-corrected chi connectivity index (χ0v) is 20.0. The van der Waals surface area contributed by atoms with E-state index in [-0.39, 0.29) is 17.7 Å². The van der Waals surface area contributed by atoms with Crippen molar-refractivity contribution in [3.8, 4) is 28.7 Å². The first-order valence-electron chi connectivity index (χ1n) is 10.7. The van der Waals surface area contributed by atoms with Crippen LogP contribution < -0.4 is 14.2 Å². The summed E-state index contributed by atoms with van der Waals surface area (Å²) < 4.78 is 21.9. The van der Waals surface area contributed by atoms with Crippen molar-refractivity contribution in [2.45, 2.75) is 30.5 Å². The molecule has 4 rings (SSSR count). The molecular formula is C24H27N3O5S.